The molecule has 2 unspecified atom stereocenters. The van der Waals surface area contributed by atoms with Gasteiger partial charge in [-0.25, -0.2) is 13.1 Å². The van der Waals surface area contributed by atoms with Gasteiger partial charge in [0.2, 0.25) is 27.7 Å². The average Bonchev–Trinajstić information content (AvgIpc) is 3.24. The van der Waals surface area contributed by atoms with Crippen molar-refractivity contribution in [2.24, 2.45) is 0 Å². The maximum absolute atomic E-state index is 12.6. The molecular formula is C16H28N4O5S. The van der Waals surface area contributed by atoms with Crippen molar-refractivity contribution in [2.45, 2.75) is 63.6 Å². The van der Waals surface area contributed by atoms with E-state index in [9.17, 15) is 22.8 Å². The minimum Gasteiger partial charge on any atom is -0.352 e. The minimum absolute atomic E-state index is 0.00582. The van der Waals surface area contributed by atoms with Gasteiger partial charge in [0.15, 0.2) is 0 Å². The first-order valence-corrected chi connectivity index (χ1v) is 10.5. The third-order valence-corrected chi connectivity index (χ3v) is 6.24. The molecule has 10 heteroatoms. The fourth-order valence-corrected chi connectivity index (χ4v) is 4.02. The lowest BCUT2D eigenvalue weighted by atomic mass is 9.97. The summed E-state index contributed by atoms with van der Waals surface area (Å²) in [6.45, 7) is 3.87. The van der Waals surface area contributed by atoms with Crippen molar-refractivity contribution in [1.29, 1.82) is 0 Å². The van der Waals surface area contributed by atoms with Gasteiger partial charge in [0, 0.05) is 37.5 Å². The van der Waals surface area contributed by atoms with Crippen LogP contribution >= 0.6 is 0 Å². The standard InChI is InChI=1S/C16H28N4O5S/c1-11-8-13(18-14(22)10-26(24,25)17-3)4-7-20(11)15(23)9-16(5-6-16)19-12(2)21/h11,13,17H,4-10H2,1-3H3,(H,18,22)(H,19,21). The van der Waals surface area contributed by atoms with Crippen LogP contribution in [-0.2, 0) is 24.4 Å². The third kappa shape index (κ3) is 5.66. The normalized spacial score (nSPS) is 24.7. The van der Waals surface area contributed by atoms with Crippen molar-refractivity contribution >= 4 is 27.7 Å². The zero-order valence-electron chi connectivity index (χ0n) is 15.5. The minimum atomic E-state index is -3.59. The second kappa shape index (κ2) is 7.91. The third-order valence-electron chi connectivity index (χ3n) is 4.98. The number of sulfonamides is 1. The number of likely N-dealkylation sites (tertiary alicyclic amines) is 1. The summed E-state index contributed by atoms with van der Waals surface area (Å²) < 4.78 is 24.9. The molecule has 0 radical (unpaired) electrons. The highest BCUT2D eigenvalue weighted by atomic mass is 32.2. The van der Waals surface area contributed by atoms with Crippen molar-refractivity contribution in [3.05, 3.63) is 0 Å². The molecule has 2 atom stereocenters. The highest BCUT2D eigenvalue weighted by molar-refractivity contribution is 7.90. The zero-order chi connectivity index (χ0) is 19.5. The number of hydrogen-bond donors (Lipinski definition) is 3. The van der Waals surface area contributed by atoms with Gasteiger partial charge in [-0.1, -0.05) is 0 Å². The molecule has 1 saturated carbocycles. The largest absolute Gasteiger partial charge is 0.352 e. The molecule has 1 saturated heterocycles. The fourth-order valence-electron chi connectivity index (χ4n) is 3.45. The molecule has 2 aliphatic rings. The molecule has 0 aromatic rings. The molecule has 1 aliphatic heterocycles. The summed E-state index contributed by atoms with van der Waals surface area (Å²) >= 11 is 0. The summed E-state index contributed by atoms with van der Waals surface area (Å²) in [6.07, 6.45) is 3.09. The lowest BCUT2D eigenvalue weighted by Crippen LogP contribution is -2.53. The van der Waals surface area contributed by atoms with Gasteiger partial charge in [0.1, 0.15) is 5.75 Å². The van der Waals surface area contributed by atoms with Gasteiger partial charge in [-0.15, -0.1) is 0 Å². The van der Waals surface area contributed by atoms with E-state index in [2.05, 4.69) is 15.4 Å². The van der Waals surface area contributed by atoms with Crippen LogP contribution in [0.1, 0.15) is 46.0 Å². The van der Waals surface area contributed by atoms with Crippen molar-refractivity contribution in [3.63, 3.8) is 0 Å². The molecule has 2 fully saturated rings. The Kier molecular flexibility index (Phi) is 6.28. The van der Waals surface area contributed by atoms with E-state index in [1.54, 1.807) is 4.90 Å². The van der Waals surface area contributed by atoms with E-state index in [-0.39, 0.29) is 29.4 Å². The topological polar surface area (TPSA) is 125 Å². The Morgan fingerprint density at radius 1 is 1.23 bits per heavy atom. The summed E-state index contributed by atoms with van der Waals surface area (Å²) in [7, 11) is -2.33. The van der Waals surface area contributed by atoms with E-state index >= 15 is 0 Å². The smallest absolute Gasteiger partial charge is 0.236 e. The van der Waals surface area contributed by atoms with E-state index in [1.807, 2.05) is 6.92 Å². The van der Waals surface area contributed by atoms with Crippen LogP contribution < -0.4 is 15.4 Å². The number of nitrogens with zero attached hydrogens (tertiary/aromatic N) is 1. The van der Waals surface area contributed by atoms with E-state index in [0.29, 0.717) is 25.8 Å². The molecule has 0 aromatic heterocycles. The highest BCUT2D eigenvalue weighted by Gasteiger charge is 2.46. The van der Waals surface area contributed by atoms with E-state index in [1.165, 1.54) is 14.0 Å². The van der Waals surface area contributed by atoms with Crippen LogP contribution in [0.25, 0.3) is 0 Å². The number of nitrogens with one attached hydrogen (secondary N) is 3. The lowest BCUT2D eigenvalue weighted by molar-refractivity contribution is -0.135. The zero-order valence-corrected chi connectivity index (χ0v) is 16.3. The van der Waals surface area contributed by atoms with Gasteiger partial charge >= 0.3 is 0 Å². The quantitative estimate of drug-likeness (QED) is 0.521. The van der Waals surface area contributed by atoms with Crippen LogP contribution in [0.3, 0.4) is 0 Å². The van der Waals surface area contributed by atoms with Gasteiger partial charge in [-0.3, -0.25) is 14.4 Å². The highest BCUT2D eigenvalue weighted by Crippen LogP contribution is 2.39. The molecule has 1 heterocycles. The van der Waals surface area contributed by atoms with Gasteiger partial charge < -0.3 is 15.5 Å². The summed E-state index contributed by atoms with van der Waals surface area (Å²) in [5.41, 5.74) is -0.380. The Balaban J connectivity index is 1.83. The van der Waals surface area contributed by atoms with Gasteiger partial charge in [0.25, 0.3) is 0 Å². The fraction of sp³-hybridized carbons (Fsp3) is 0.812. The predicted octanol–water partition coefficient (Wildman–Crippen LogP) is -0.910. The maximum Gasteiger partial charge on any atom is 0.236 e. The van der Waals surface area contributed by atoms with Crippen LogP contribution in [-0.4, -0.2) is 68.0 Å². The molecule has 0 spiro atoms. The lowest BCUT2D eigenvalue weighted by Gasteiger charge is -2.38. The van der Waals surface area contributed by atoms with Gasteiger partial charge in [0.05, 0.1) is 0 Å². The monoisotopic (exact) mass is 388 g/mol. The predicted molar refractivity (Wildman–Crippen MR) is 95.6 cm³/mol. The van der Waals surface area contributed by atoms with Crippen LogP contribution in [0, 0.1) is 0 Å². The molecule has 0 bridgehead atoms. The first-order valence-electron chi connectivity index (χ1n) is 8.85. The Morgan fingerprint density at radius 3 is 2.38 bits per heavy atom. The summed E-state index contributed by atoms with van der Waals surface area (Å²) in [6, 6.07) is -0.213. The number of piperidine rings is 1. The molecule has 9 nitrogen and oxygen atoms in total. The average molecular weight is 388 g/mol. The maximum atomic E-state index is 12.6. The molecule has 3 amide bonds. The Morgan fingerprint density at radius 2 is 1.88 bits per heavy atom. The second-order valence-electron chi connectivity index (χ2n) is 7.33. The molecular weight excluding hydrogens is 360 g/mol. The van der Waals surface area contributed by atoms with Crippen molar-refractivity contribution in [2.75, 3.05) is 19.3 Å². The van der Waals surface area contributed by atoms with E-state index < -0.39 is 21.7 Å². The number of rotatable bonds is 7. The van der Waals surface area contributed by atoms with Crippen molar-refractivity contribution in [1.82, 2.24) is 20.3 Å². The Hall–Kier alpha value is -1.68. The Labute approximate surface area is 154 Å². The van der Waals surface area contributed by atoms with Crippen LogP contribution in [0.5, 0.6) is 0 Å². The SMILES string of the molecule is CNS(=O)(=O)CC(=O)NC1CCN(C(=O)CC2(NC(C)=O)CC2)C(C)C1. The van der Waals surface area contributed by atoms with Crippen LogP contribution in [0.2, 0.25) is 0 Å². The molecule has 148 valence electrons. The van der Waals surface area contributed by atoms with Gasteiger partial charge in [-0.2, -0.15) is 0 Å². The summed E-state index contributed by atoms with van der Waals surface area (Å²) in [4.78, 5) is 37.5. The summed E-state index contributed by atoms with van der Waals surface area (Å²) in [5, 5.41) is 5.60. The Bertz CT molecular complexity index is 674. The van der Waals surface area contributed by atoms with Crippen LogP contribution in [0.15, 0.2) is 0 Å². The number of carbonyl (C=O) groups is 3. The number of carbonyl (C=O) groups excluding carboxylic acids is 3. The number of amides is 3. The molecule has 1 aliphatic carbocycles. The summed E-state index contributed by atoms with van der Waals surface area (Å²) in [5.74, 6) is -1.26. The first kappa shape index (κ1) is 20.6. The molecule has 0 aromatic carbocycles. The van der Waals surface area contributed by atoms with Gasteiger partial charge in [-0.05, 0) is 39.7 Å². The van der Waals surface area contributed by atoms with Crippen molar-refractivity contribution in [3.8, 4) is 0 Å². The van der Waals surface area contributed by atoms with E-state index in [0.717, 1.165) is 12.8 Å². The van der Waals surface area contributed by atoms with Crippen molar-refractivity contribution < 1.29 is 22.8 Å². The molecule has 26 heavy (non-hydrogen) atoms. The number of hydrogen-bond acceptors (Lipinski definition) is 5. The molecule has 2 rings (SSSR count). The second-order valence-corrected chi connectivity index (χ2v) is 9.25. The molecule has 3 N–H and O–H groups in total. The first-order chi connectivity index (χ1) is 12.1. The van der Waals surface area contributed by atoms with E-state index in [4.69, 9.17) is 0 Å². The van der Waals surface area contributed by atoms with Crippen LogP contribution in [0.4, 0.5) is 0 Å².